The van der Waals surface area contributed by atoms with Gasteiger partial charge in [0.25, 0.3) is 0 Å². The SMILES string of the molecule is Cc1ccccc1-n1cnc2ccccc2c1=N. The highest BCUT2D eigenvalue weighted by Gasteiger charge is 2.04. The first-order valence-electron chi connectivity index (χ1n) is 5.84. The van der Waals surface area contributed by atoms with Gasteiger partial charge in [-0.3, -0.25) is 9.98 Å². The molecule has 0 bridgehead atoms. The molecule has 0 aliphatic carbocycles. The standard InChI is InChI=1S/C15H13N3/c1-11-6-2-5-9-14(11)18-10-17-13-8-4-3-7-12(13)15(18)16/h2-10,16H,1H3. The molecule has 0 aliphatic rings. The lowest BCUT2D eigenvalue weighted by atomic mass is 10.2. The number of aryl methyl sites for hydroxylation is 1. The summed E-state index contributed by atoms with van der Waals surface area (Å²) in [6, 6.07) is 15.7. The van der Waals surface area contributed by atoms with Gasteiger partial charge in [0.2, 0.25) is 0 Å². The summed E-state index contributed by atoms with van der Waals surface area (Å²) in [5.41, 5.74) is 3.45. The molecule has 1 heterocycles. The normalized spacial score (nSPS) is 10.7. The lowest BCUT2D eigenvalue weighted by molar-refractivity contribution is 0.903. The molecule has 3 aromatic rings. The summed E-state index contributed by atoms with van der Waals surface area (Å²) < 4.78 is 1.82. The van der Waals surface area contributed by atoms with E-state index < -0.39 is 0 Å². The fraction of sp³-hybridized carbons (Fsp3) is 0.0667. The molecule has 0 spiro atoms. The molecule has 0 fully saturated rings. The molecular weight excluding hydrogens is 222 g/mol. The third-order valence-electron chi connectivity index (χ3n) is 3.09. The summed E-state index contributed by atoms with van der Waals surface area (Å²) >= 11 is 0. The topological polar surface area (TPSA) is 41.7 Å². The van der Waals surface area contributed by atoms with E-state index in [1.54, 1.807) is 6.33 Å². The van der Waals surface area contributed by atoms with Gasteiger partial charge in [0.05, 0.1) is 11.2 Å². The van der Waals surface area contributed by atoms with Crippen molar-refractivity contribution in [1.82, 2.24) is 9.55 Å². The molecule has 0 atom stereocenters. The van der Waals surface area contributed by atoms with Crippen molar-refractivity contribution >= 4 is 10.9 Å². The molecule has 1 aromatic heterocycles. The van der Waals surface area contributed by atoms with Crippen LogP contribution in [0.15, 0.2) is 54.9 Å². The van der Waals surface area contributed by atoms with Crippen LogP contribution in [-0.4, -0.2) is 9.55 Å². The van der Waals surface area contributed by atoms with Crippen LogP contribution in [-0.2, 0) is 0 Å². The van der Waals surface area contributed by atoms with Gasteiger partial charge in [-0.25, -0.2) is 4.98 Å². The lowest BCUT2D eigenvalue weighted by Crippen LogP contribution is -2.19. The molecule has 1 N–H and O–H groups in total. The zero-order valence-electron chi connectivity index (χ0n) is 10.1. The van der Waals surface area contributed by atoms with Crippen molar-refractivity contribution in [2.45, 2.75) is 6.92 Å². The minimum atomic E-state index is 0.468. The highest BCUT2D eigenvalue weighted by Crippen LogP contribution is 2.12. The fourth-order valence-electron chi connectivity index (χ4n) is 2.11. The van der Waals surface area contributed by atoms with Gasteiger partial charge in [0.15, 0.2) is 0 Å². The number of rotatable bonds is 1. The van der Waals surface area contributed by atoms with Gasteiger partial charge in [0, 0.05) is 5.39 Å². The van der Waals surface area contributed by atoms with Gasteiger partial charge in [-0.05, 0) is 30.7 Å². The van der Waals surface area contributed by atoms with E-state index in [1.165, 1.54) is 0 Å². The Hall–Kier alpha value is -2.42. The van der Waals surface area contributed by atoms with Crippen LogP contribution in [0, 0.1) is 12.3 Å². The first-order valence-corrected chi connectivity index (χ1v) is 5.84. The maximum Gasteiger partial charge on any atom is 0.140 e. The van der Waals surface area contributed by atoms with Crippen molar-refractivity contribution in [3.63, 3.8) is 0 Å². The molecule has 0 aliphatic heterocycles. The fourth-order valence-corrected chi connectivity index (χ4v) is 2.11. The third kappa shape index (κ3) is 1.61. The van der Waals surface area contributed by atoms with Crippen LogP contribution in [0.4, 0.5) is 0 Å². The van der Waals surface area contributed by atoms with Crippen LogP contribution < -0.4 is 5.49 Å². The van der Waals surface area contributed by atoms with Crippen LogP contribution in [0.3, 0.4) is 0 Å². The average molecular weight is 235 g/mol. The van der Waals surface area contributed by atoms with Crippen LogP contribution in [0.5, 0.6) is 0 Å². The molecule has 0 radical (unpaired) electrons. The Balaban J connectivity index is 2.35. The summed E-state index contributed by atoms with van der Waals surface area (Å²) in [7, 11) is 0. The van der Waals surface area contributed by atoms with Gasteiger partial charge in [0.1, 0.15) is 11.8 Å². The summed E-state index contributed by atoms with van der Waals surface area (Å²) in [6.07, 6.45) is 1.72. The second kappa shape index (κ2) is 4.11. The molecule has 88 valence electrons. The molecule has 0 amide bonds. The second-order valence-corrected chi connectivity index (χ2v) is 4.27. The van der Waals surface area contributed by atoms with Crippen LogP contribution in [0.1, 0.15) is 5.56 Å². The molecular formula is C15H13N3. The maximum atomic E-state index is 8.30. The first-order chi connectivity index (χ1) is 8.77. The van der Waals surface area contributed by atoms with E-state index in [9.17, 15) is 0 Å². The van der Waals surface area contributed by atoms with E-state index >= 15 is 0 Å². The number of nitrogens with zero attached hydrogens (tertiary/aromatic N) is 2. The molecule has 2 aromatic carbocycles. The summed E-state index contributed by atoms with van der Waals surface area (Å²) in [4.78, 5) is 4.40. The number of hydrogen-bond acceptors (Lipinski definition) is 2. The largest absolute Gasteiger partial charge is 0.285 e. The van der Waals surface area contributed by atoms with Crippen molar-refractivity contribution in [3.8, 4) is 5.69 Å². The molecule has 3 nitrogen and oxygen atoms in total. The van der Waals surface area contributed by atoms with E-state index in [-0.39, 0.29) is 0 Å². The Kier molecular flexibility index (Phi) is 2.45. The first kappa shape index (κ1) is 10.7. The molecule has 3 heteroatoms. The number of nitrogens with one attached hydrogen (secondary N) is 1. The zero-order valence-corrected chi connectivity index (χ0v) is 10.1. The Morgan fingerprint density at radius 3 is 2.56 bits per heavy atom. The molecule has 0 saturated heterocycles. The predicted molar refractivity (Wildman–Crippen MR) is 71.7 cm³/mol. The summed E-state index contributed by atoms with van der Waals surface area (Å²) in [5.74, 6) is 0. The highest BCUT2D eigenvalue weighted by molar-refractivity contribution is 5.77. The van der Waals surface area contributed by atoms with E-state index in [1.807, 2.05) is 60.0 Å². The van der Waals surface area contributed by atoms with Gasteiger partial charge in [-0.1, -0.05) is 30.3 Å². The Morgan fingerprint density at radius 2 is 1.72 bits per heavy atom. The smallest absolute Gasteiger partial charge is 0.140 e. The third-order valence-corrected chi connectivity index (χ3v) is 3.09. The van der Waals surface area contributed by atoms with Gasteiger partial charge in [-0.15, -0.1) is 0 Å². The quantitative estimate of drug-likeness (QED) is 0.692. The average Bonchev–Trinajstić information content (AvgIpc) is 2.41. The number of para-hydroxylation sites is 2. The van der Waals surface area contributed by atoms with Crippen molar-refractivity contribution in [2.24, 2.45) is 0 Å². The van der Waals surface area contributed by atoms with E-state index in [0.29, 0.717) is 5.49 Å². The summed E-state index contributed by atoms with van der Waals surface area (Å²) in [5, 5.41) is 9.16. The minimum Gasteiger partial charge on any atom is -0.285 e. The highest BCUT2D eigenvalue weighted by atomic mass is 15.0. The van der Waals surface area contributed by atoms with E-state index in [0.717, 1.165) is 22.2 Å². The number of fused-ring (bicyclic) bond motifs is 1. The summed E-state index contributed by atoms with van der Waals surface area (Å²) in [6.45, 7) is 2.04. The van der Waals surface area contributed by atoms with Gasteiger partial charge < -0.3 is 0 Å². The van der Waals surface area contributed by atoms with Crippen LogP contribution >= 0.6 is 0 Å². The van der Waals surface area contributed by atoms with Crippen molar-refractivity contribution in [3.05, 3.63) is 65.9 Å². The van der Waals surface area contributed by atoms with Crippen LogP contribution in [0.25, 0.3) is 16.6 Å². The number of hydrogen-bond donors (Lipinski definition) is 1. The van der Waals surface area contributed by atoms with Crippen LogP contribution in [0.2, 0.25) is 0 Å². The molecule has 0 unspecified atom stereocenters. The Bertz CT molecular complexity index is 772. The Labute approximate surface area is 105 Å². The molecule has 0 saturated carbocycles. The number of benzene rings is 2. The zero-order chi connectivity index (χ0) is 12.5. The second-order valence-electron chi connectivity index (χ2n) is 4.27. The maximum absolute atomic E-state index is 8.30. The van der Waals surface area contributed by atoms with Gasteiger partial charge >= 0.3 is 0 Å². The monoisotopic (exact) mass is 235 g/mol. The number of aromatic nitrogens is 2. The van der Waals surface area contributed by atoms with Crippen molar-refractivity contribution < 1.29 is 0 Å². The van der Waals surface area contributed by atoms with Crippen molar-refractivity contribution in [1.29, 1.82) is 5.41 Å². The minimum absolute atomic E-state index is 0.468. The predicted octanol–water partition coefficient (Wildman–Crippen LogP) is 2.81. The Morgan fingerprint density at radius 1 is 1.00 bits per heavy atom. The lowest BCUT2D eigenvalue weighted by Gasteiger charge is -2.10. The van der Waals surface area contributed by atoms with E-state index in [4.69, 9.17) is 5.41 Å². The van der Waals surface area contributed by atoms with Crippen molar-refractivity contribution in [2.75, 3.05) is 0 Å². The molecule has 18 heavy (non-hydrogen) atoms. The van der Waals surface area contributed by atoms with E-state index in [2.05, 4.69) is 4.98 Å². The molecule has 3 rings (SSSR count). The van der Waals surface area contributed by atoms with Gasteiger partial charge in [-0.2, -0.15) is 0 Å².